The van der Waals surface area contributed by atoms with E-state index in [4.69, 9.17) is 5.84 Å². The molecule has 3 aromatic rings. The molecule has 4 nitrogen and oxygen atoms in total. The van der Waals surface area contributed by atoms with Crippen molar-refractivity contribution in [1.82, 2.24) is 14.9 Å². The minimum Gasteiger partial charge on any atom is -0.335 e. The fraction of sp³-hybridized carbons (Fsp3) is 0.125. The molecule has 136 valence electrons. The molecule has 0 amide bonds. The predicted molar refractivity (Wildman–Crippen MR) is 85.7 cm³/mol. The Morgan fingerprint density at radius 2 is 1.31 bits per heavy atom. The van der Waals surface area contributed by atoms with Gasteiger partial charge >= 0.3 is 6.18 Å². The van der Waals surface area contributed by atoms with Gasteiger partial charge in [0.15, 0.2) is 0 Å². The quantitative estimate of drug-likeness (QED) is 0.415. The lowest BCUT2D eigenvalue weighted by Crippen LogP contribution is -2.21. The molecule has 0 fully saturated rings. The maximum Gasteiger partial charge on any atom is 0.453 e. The van der Waals surface area contributed by atoms with Crippen LogP contribution in [0.25, 0.3) is 0 Å². The van der Waals surface area contributed by atoms with Crippen LogP contribution in [0.3, 0.4) is 0 Å². The molecule has 0 saturated carbocycles. The Hall–Kier alpha value is -2.62. The zero-order chi connectivity index (χ0) is 18.9. The predicted octanol–water partition coefficient (Wildman–Crippen LogP) is 4.17. The monoisotopic (exact) mass is 386 g/mol. The first-order valence-electron chi connectivity index (χ1n) is 7.21. The summed E-state index contributed by atoms with van der Waals surface area (Å²) in [5, 5.41) is 5.79. The van der Waals surface area contributed by atoms with E-state index in [1.165, 1.54) is 48.5 Å². The number of benzene rings is 2. The average molecular weight is 386 g/mol. The number of nitrogens with zero attached hydrogens (tertiary/aromatic N) is 3. The van der Waals surface area contributed by atoms with Crippen molar-refractivity contribution < 1.29 is 22.0 Å². The first kappa shape index (κ1) is 18.2. The molecular weight excluding hydrogens is 375 g/mol. The number of hydrogen-bond acceptors (Lipinski definition) is 4. The van der Waals surface area contributed by atoms with Crippen molar-refractivity contribution in [3.05, 3.63) is 77.1 Å². The number of rotatable bonds is 4. The molecule has 1 aromatic heterocycles. The lowest BCUT2D eigenvalue weighted by atomic mass is 10.0. The molecular formula is C16H11F5N4S. The van der Waals surface area contributed by atoms with Crippen LogP contribution in [0.4, 0.5) is 22.0 Å². The number of alkyl halides is 3. The molecule has 0 bridgehead atoms. The molecule has 0 aliphatic carbocycles. The van der Waals surface area contributed by atoms with Crippen molar-refractivity contribution in [2.45, 2.75) is 16.6 Å². The Morgan fingerprint density at radius 3 is 1.69 bits per heavy atom. The second-order valence-electron chi connectivity index (χ2n) is 5.27. The van der Waals surface area contributed by atoms with E-state index in [0.717, 1.165) is 11.8 Å². The van der Waals surface area contributed by atoms with Crippen molar-refractivity contribution in [3.63, 3.8) is 0 Å². The third-order valence-electron chi connectivity index (χ3n) is 3.49. The lowest BCUT2D eigenvalue weighted by molar-refractivity contribution is -0.146. The Kier molecular flexibility index (Phi) is 4.86. The summed E-state index contributed by atoms with van der Waals surface area (Å²) in [7, 11) is 0. The molecule has 0 spiro atoms. The summed E-state index contributed by atoms with van der Waals surface area (Å²) in [6.07, 6.45) is -4.75. The van der Waals surface area contributed by atoms with Gasteiger partial charge in [0.2, 0.25) is 5.16 Å². The summed E-state index contributed by atoms with van der Waals surface area (Å²) in [5.74, 6) is 3.22. The van der Waals surface area contributed by atoms with Crippen LogP contribution in [-0.4, -0.2) is 14.9 Å². The van der Waals surface area contributed by atoms with Crippen LogP contribution in [0.2, 0.25) is 0 Å². The minimum absolute atomic E-state index is 0.184. The summed E-state index contributed by atoms with van der Waals surface area (Å²) in [4.78, 5) is 0. The van der Waals surface area contributed by atoms with Gasteiger partial charge in [0.05, 0.1) is 5.25 Å². The van der Waals surface area contributed by atoms with Gasteiger partial charge in [-0.25, -0.2) is 13.5 Å². The molecule has 0 unspecified atom stereocenters. The number of thioether (sulfide) groups is 1. The number of aromatic nitrogens is 3. The molecule has 0 atom stereocenters. The van der Waals surface area contributed by atoms with Crippen LogP contribution in [-0.2, 0) is 6.18 Å². The van der Waals surface area contributed by atoms with Gasteiger partial charge in [-0.15, -0.1) is 10.2 Å². The van der Waals surface area contributed by atoms with Gasteiger partial charge in [-0.1, -0.05) is 36.0 Å². The van der Waals surface area contributed by atoms with Crippen LogP contribution in [0.5, 0.6) is 0 Å². The van der Waals surface area contributed by atoms with Crippen molar-refractivity contribution in [3.8, 4) is 0 Å². The summed E-state index contributed by atoms with van der Waals surface area (Å²) in [6.45, 7) is 0. The van der Waals surface area contributed by atoms with Gasteiger partial charge in [-0.3, -0.25) is 0 Å². The van der Waals surface area contributed by atoms with Gasteiger partial charge in [0, 0.05) is 0 Å². The van der Waals surface area contributed by atoms with E-state index >= 15 is 0 Å². The maximum atomic E-state index is 13.2. The van der Waals surface area contributed by atoms with Crippen LogP contribution >= 0.6 is 11.8 Å². The number of nitrogens with two attached hydrogens (primary N) is 1. The van der Waals surface area contributed by atoms with Gasteiger partial charge < -0.3 is 5.84 Å². The van der Waals surface area contributed by atoms with E-state index in [9.17, 15) is 22.0 Å². The van der Waals surface area contributed by atoms with E-state index in [-0.39, 0.29) is 5.16 Å². The minimum atomic E-state index is -4.75. The van der Waals surface area contributed by atoms with Crippen LogP contribution in [0, 0.1) is 11.6 Å². The van der Waals surface area contributed by atoms with Crippen LogP contribution < -0.4 is 5.84 Å². The number of nitrogen functional groups attached to an aromatic ring is 1. The van der Waals surface area contributed by atoms with Gasteiger partial charge in [0.1, 0.15) is 11.6 Å². The molecule has 10 heteroatoms. The third-order valence-corrected chi connectivity index (χ3v) is 4.76. The number of halogens is 5. The molecule has 1 heterocycles. The van der Waals surface area contributed by atoms with E-state index in [2.05, 4.69) is 10.2 Å². The molecule has 0 saturated heterocycles. The topological polar surface area (TPSA) is 56.7 Å². The second-order valence-corrected chi connectivity index (χ2v) is 6.35. The number of hydrogen-bond donors (Lipinski definition) is 1. The normalized spacial score (nSPS) is 11.9. The standard InChI is InChI=1S/C16H11F5N4S/c17-11-5-1-9(2-6-11)13(10-3-7-12(18)8-4-10)26-15-24-23-14(25(15)22)16(19,20)21/h1-8,13H,22H2. The highest BCUT2D eigenvalue weighted by atomic mass is 32.2. The first-order chi connectivity index (χ1) is 12.3. The van der Waals surface area contributed by atoms with Gasteiger partial charge in [0.25, 0.3) is 5.82 Å². The largest absolute Gasteiger partial charge is 0.453 e. The maximum absolute atomic E-state index is 13.2. The third kappa shape index (κ3) is 3.79. The highest BCUT2D eigenvalue weighted by Crippen LogP contribution is 2.40. The first-order valence-corrected chi connectivity index (χ1v) is 8.09. The molecule has 3 rings (SSSR count). The summed E-state index contributed by atoms with van der Waals surface area (Å²) in [6, 6.07) is 10.8. The van der Waals surface area contributed by atoms with Crippen molar-refractivity contribution >= 4 is 11.8 Å². The Bertz CT molecular complexity index is 845. The fourth-order valence-electron chi connectivity index (χ4n) is 2.26. The van der Waals surface area contributed by atoms with E-state index in [1.54, 1.807) is 0 Å². The Balaban J connectivity index is 2.00. The molecule has 0 aliphatic rings. The van der Waals surface area contributed by atoms with Crippen molar-refractivity contribution in [2.24, 2.45) is 0 Å². The zero-order valence-corrected chi connectivity index (χ0v) is 13.7. The van der Waals surface area contributed by atoms with Crippen molar-refractivity contribution in [1.29, 1.82) is 0 Å². The average Bonchev–Trinajstić information content (AvgIpc) is 2.95. The van der Waals surface area contributed by atoms with Gasteiger partial charge in [-0.2, -0.15) is 13.2 Å². The smallest absolute Gasteiger partial charge is 0.335 e. The summed E-state index contributed by atoms with van der Waals surface area (Å²) < 4.78 is 65.3. The molecule has 2 N–H and O–H groups in total. The highest BCUT2D eigenvalue weighted by molar-refractivity contribution is 7.99. The fourth-order valence-corrected chi connectivity index (χ4v) is 3.35. The molecule has 26 heavy (non-hydrogen) atoms. The zero-order valence-electron chi connectivity index (χ0n) is 12.9. The molecule has 0 aliphatic heterocycles. The Morgan fingerprint density at radius 1 is 0.846 bits per heavy atom. The van der Waals surface area contributed by atoms with Gasteiger partial charge in [-0.05, 0) is 35.4 Å². The van der Waals surface area contributed by atoms with E-state index in [1.807, 2.05) is 0 Å². The van der Waals surface area contributed by atoms with Crippen LogP contribution in [0.15, 0.2) is 53.7 Å². The lowest BCUT2D eigenvalue weighted by Gasteiger charge is -2.17. The summed E-state index contributed by atoms with van der Waals surface area (Å²) in [5.41, 5.74) is 1.17. The van der Waals surface area contributed by atoms with Crippen LogP contribution in [0.1, 0.15) is 22.2 Å². The van der Waals surface area contributed by atoms with E-state index < -0.39 is 28.9 Å². The van der Waals surface area contributed by atoms with Crippen molar-refractivity contribution in [2.75, 3.05) is 5.84 Å². The van der Waals surface area contributed by atoms with E-state index in [0.29, 0.717) is 15.8 Å². The summed E-state index contributed by atoms with van der Waals surface area (Å²) >= 11 is 0.890. The molecule has 0 radical (unpaired) electrons. The SMILES string of the molecule is Nn1c(SC(c2ccc(F)cc2)c2ccc(F)cc2)nnc1C(F)(F)F. The Labute approximate surface area is 148 Å². The molecule has 2 aromatic carbocycles. The highest BCUT2D eigenvalue weighted by Gasteiger charge is 2.38. The second kappa shape index (κ2) is 6.94.